The van der Waals surface area contributed by atoms with Crippen LogP contribution in [0.25, 0.3) is 0 Å². The molecule has 1 heterocycles. The molecule has 0 saturated heterocycles. The number of aromatic nitrogens is 1. The molecule has 1 aromatic heterocycles. The highest BCUT2D eigenvalue weighted by Gasteiger charge is 2.08. The van der Waals surface area contributed by atoms with Crippen LogP contribution in [0.1, 0.15) is 30.3 Å². The lowest BCUT2D eigenvalue weighted by molar-refractivity contribution is 0.102. The minimum atomic E-state index is -0.191. The number of rotatable bonds is 6. The van der Waals surface area contributed by atoms with E-state index in [1.165, 1.54) is 0 Å². The second kappa shape index (κ2) is 7.43. The van der Waals surface area contributed by atoms with Crippen molar-refractivity contribution in [2.24, 2.45) is 0 Å². The van der Waals surface area contributed by atoms with Gasteiger partial charge in [0, 0.05) is 19.3 Å². The quantitative estimate of drug-likeness (QED) is 0.881. The monoisotopic (exact) mass is 283 g/mol. The van der Waals surface area contributed by atoms with Crippen LogP contribution in [0, 0.1) is 0 Å². The van der Waals surface area contributed by atoms with E-state index in [1.54, 1.807) is 12.3 Å². The van der Waals surface area contributed by atoms with Gasteiger partial charge < -0.3 is 10.2 Å². The van der Waals surface area contributed by atoms with E-state index in [9.17, 15) is 4.79 Å². The first-order chi connectivity index (χ1) is 10.2. The number of nitrogens with one attached hydrogen (secondary N) is 1. The third kappa shape index (κ3) is 4.31. The summed E-state index contributed by atoms with van der Waals surface area (Å²) in [6.07, 6.45) is 4.05. The van der Waals surface area contributed by atoms with Gasteiger partial charge >= 0.3 is 0 Å². The summed E-state index contributed by atoms with van der Waals surface area (Å²) in [7, 11) is 2.04. The molecule has 0 bridgehead atoms. The van der Waals surface area contributed by atoms with E-state index < -0.39 is 0 Å². The number of carbonyl (C=O) groups is 1. The number of para-hydroxylation sites is 1. The van der Waals surface area contributed by atoms with E-state index in [0.717, 1.165) is 30.8 Å². The Morgan fingerprint density at radius 1 is 1.19 bits per heavy atom. The molecule has 2 aromatic rings. The number of amides is 1. The van der Waals surface area contributed by atoms with Crippen molar-refractivity contribution in [3.63, 3.8) is 0 Å². The number of hydrogen-bond donors (Lipinski definition) is 1. The number of nitrogens with zero attached hydrogens (tertiary/aromatic N) is 2. The standard InChI is InChI=1S/C17H21N3O/c1-3-4-12-20(2)15-10-11-16(18-13-15)17(21)19-14-8-6-5-7-9-14/h5-11,13H,3-4,12H2,1-2H3,(H,19,21). The molecule has 0 atom stereocenters. The Kier molecular flexibility index (Phi) is 5.32. The maximum atomic E-state index is 12.1. The normalized spacial score (nSPS) is 10.2. The van der Waals surface area contributed by atoms with E-state index in [1.807, 2.05) is 43.4 Å². The van der Waals surface area contributed by atoms with Gasteiger partial charge in [-0.15, -0.1) is 0 Å². The Hall–Kier alpha value is -2.36. The first kappa shape index (κ1) is 15.0. The first-order valence-electron chi connectivity index (χ1n) is 7.24. The van der Waals surface area contributed by atoms with Crippen molar-refractivity contribution < 1.29 is 4.79 Å². The van der Waals surface area contributed by atoms with Gasteiger partial charge in [-0.25, -0.2) is 4.98 Å². The van der Waals surface area contributed by atoms with Crippen molar-refractivity contribution in [1.29, 1.82) is 0 Å². The number of carbonyl (C=O) groups excluding carboxylic acids is 1. The zero-order valence-corrected chi connectivity index (χ0v) is 12.5. The number of hydrogen-bond acceptors (Lipinski definition) is 3. The maximum absolute atomic E-state index is 12.1. The number of unbranched alkanes of at least 4 members (excludes halogenated alkanes) is 1. The second-order valence-corrected chi connectivity index (χ2v) is 5.00. The predicted octanol–water partition coefficient (Wildman–Crippen LogP) is 3.57. The van der Waals surface area contributed by atoms with Crippen molar-refractivity contribution in [2.45, 2.75) is 19.8 Å². The summed E-state index contributed by atoms with van der Waals surface area (Å²) in [6.45, 7) is 3.16. The average molecular weight is 283 g/mol. The molecule has 4 heteroatoms. The van der Waals surface area contributed by atoms with E-state index in [2.05, 4.69) is 22.1 Å². The Morgan fingerprint density at radius 3 is 2.57 bits per heavy atom. The van der Waals surface area contributed by atoms with Crippen molar-refractivity contribution in [3.8, 4) is 0 Å². The van der Waals surface area contributed by atoms with Crippen LogP contribution in [0.15, 0.2) is 48.7 Å². The average Bonchev–Trinajstić information content (AvgIpc) is 2.53. The molecule has 0 fully saturated rings. The van der Waals surface area contributed by atoms with Crippen molar-refractivity contribution in [1.82, 2.24) is 4.98 Å². The van der Waals surface area contributed by atoms with Gasteiger partial charge in [0.15, 0.2) is 0 Å². The molecule has 0 spiro atoms. The van der Waals surface area contributed by atoms with Crippen molar-refractivity contribution >= 4 is 17.3 Å². The lowest BCUT2D eigenvalue weighted by Gasteiger charge is -2.18. The van der Waals surface area contributed by atoms with Crippen LogP contribution in [0.4, 0.5) is 11.4 Å². The molecular formula is C17H21N3O. The predicted molar refractivity (Wildman–Crippen MR) is 86.8 cm³/mol. The Morgan fingerprint density at radius 2 is 1.95 bits per heavy atom. The molecule has 0 saturated carbocycles. The summed E-state index contributed by atoms with van der Waals surface area (Å²) >= 11 is 0. The number of benzene rings is 1. The minimum Gasteiger partial charge on any atom is -0.373 e. The summed E-state index contributed by atoms with van der Waals surface area (Å²) in [5, 5.41) is 2.83. The van der Waals surface area contributed by atoms with E-state index >= 15 is 0 Å². The molecule has 1 aromatic carbocycles. The molecule has 2 rings (SSSR count). The maximum Gasteiger partial charge on any atom is 0.274 e. The molecule has 0 aliphatic rings. The number of anilines is 2. The van der Waals surface area contributed by atoms with Gasteiger partial charge in [-0.05, 0) is 30.7 Å². The molecule has 0 aliphatic heterocycles. The third-order valence-corrected chi connectivity index (χ3v) is 3.30. The third-order valence-electron chi connectivity index (χ3n) is 3.30. The molecule has 1 N–H and O–H groups in total. The van der Waals surface area contributed by atoms with Crippen LogP contribution in [0.5, 0.6) is 0 Å². The summed E-state index contributed by atoms with van der Waals surface area (Å²) in [4.78, 5) is 18.5. The van der Waals surface area contributed by atoms with E-state index in [0.29, 0.717) is 5.69 Å². The van der Waals surface area contributed by atoms with Crippen LogP contribution in [-0.2, 0) is 0 Å². The molecule has 4 nitrogen and oxygen atoms in total. The summed E-state index contributed by atoms with van der Waals surface area (Å²) in [5.74, 6) is -0.191. The summed E-state index contributed by atoms with van der Waals surface area (Å²) < 4.78 is 0. The fourth-order valence-corrected chi connectivity index (χ4v) is 1.99. The van der Waals surface area contributed by atoms with Crippen LogP contribution < -0.4 is 10.2 Å². The van der Waals surface area contributed by atoms with Crippen molar-refractivity contribution in [2.75, 3.05) is 23.8 Å². The Bertz CT molecular complexity index is 566. The van der Waals surface area contributed by atoms with Crippen LogP contribution in [0.3, 0.4) is 0 Å². The fraction of sp³-hybridized carbons (Fsp3) is 0.294. The second-order valence-electron chi connectivity index (χ2n) is 5.00. The van der Waals surface area contributed by atoms with Crippen LogP contribution in [0.2, 0.25) is 0 Å². The zero-order valence-electron chi connectivity index (χ0n) is 12.5. The fourth-order valence-electron chi connectivity index (χ4n) is 1.99. The van der Waals surface area contributed by atoms with Crippen molar-refractivity contribution in [3.05, 3.63) is 54.4 Å². The first-order valence-corrected chi connectivity index (χ1v) is 7.24. The molecule has 0 aliphatic carbocycles. The lowest BCUT2D eigenvalue weighted by Crippen LogP contribution is -2.19. The van der Waals surface area contributed by atoms with E-state index in [4.69, 9.17) is 0 Å². The highest BCUT2D eigenvalue weighted by molar-refractivity contribution is 6.02. The SMILES string of the molecule is CCCCN(C)c1ccc(C(=O)Nc2ccccc2)nc1. The van der Waals surface area contributed by atoms with Gasteiger partial charge in [0.25, 0.3) is 5.91 Å². The zero-order chi connectivity index (χ0) is 15.1. The lowest BCUT2D eigenvalue weighted by atomic mass is 10.2. The van der Waals surface area contributed by atoms with Gasteiger partial charge in [0.05, 0.1) is 11.9 Å². The summed E-state index contributed by atoms with van der Waals surface area (Å²) in [5.41, 5.74) is 2.22. The smallest absolute Gasteiger partial charge is 0.274 e. The van der Waals surface area contributed by atoms with Gasteiger partial charge in [0.2, 0.25) is 0 Å². The van der Waals surface area contributed by atoms with Gasteiger partial charge in [-0.2, -0.15) is 0 Å². The summed E-state index contributed by atoms with van der Waals surface area (Å²) in [6, 6.07) is 13.1. The molecule has 110 valence electrons. The van der Waals surface area contributed by atoms with Gasteiger partial charge in [-0.1, -0.05) is 31.5 Å². The van der Waals surface area contributed by atoms with E-state index in [-0.39, 0.29) is 5.91 Å². The van der Waals surface area contributed by atoms with Crippen LogP contribution >= 0.6 is 0 Å². The minimum absolute atomic E-state index is 0.191. The molecule has 0 radical (unpaired) electrons. The number of pyridine rings is 1. The Balaban J connectivity index is 2.00. The molecular weight excluding hydrogens is 262 g/mol. The molecule has 21 heavy (non-hydrogen) atoms. The van der Waals surface area contributed by atoms with Crippen LogP contribution in [-0.4, -0.2) is 24.5 Å². The highest BCUT2D eigenvalue weighted by Crippen LogP contribution is 2.13. The van der Waals surface area contributed by atoms with Gasteiger partial charge in [0.1, 0.15) is 5.69 Å². The van der Waals surface area contributed by atoms with Gasteiger partial charge in [-0.3, -0.25) is 4.79 Å². The topological polar surface area (TPSA) is 45.2 Å². The molecule has 1 amide bonds. The largest absolute Gasteiger partial charge is 0.373 e. The molecule has 0 unspecified atom stereocenters. The highest BCUT2D eigenvalue weighted by atomic mass is 16.1. The Labute approximate surface area is 125 Å².